The molecule has 0 amide bonds. The summed E-state index contributed by atoms with van der Waals surface area (Å²) in [6.07, 6.45) is 0. The van der Waals surface area contributed by atoms with Gasteiger partial charge in [-0.15, -0.1) is 4.94 Å². The average molecular weight is 177 g/mol. The van der Waals surface area contributed by atoms with Crippen LogP contribution in [-0.4, -0.2) is 0 Å². The van der Waals surface area contributed by atoms with Gasteiger partial charge in [0.2, 0.25) is 0 Å². The molecule has 0 spiro atoms. The molecule has 2 nitrogen and oxygen atoms in total. The second-order valence-electron chi connectivity index (χ2n) is 1.73. The van der Waals surface area contributed by atoms with Crippen molar-refractivity contribution in [1.29, 1.82) is 0 Å². The lowest BCUT2D eigenvalue weighted by molar-refractivity contribution is 1.20. The van der Waals surface area contributed by atoms with Gasteiger partial charge >= 0.3 is 0 Å². The van der Waals surface area contributed by atoms with Crippen LogP contribution in [0.15, 0.2) is 24.3 Å². The van der Waals surface area contributed by atoms with E-state index in [4.69, 9.17) is 23.4 Å². The zero-order valence-electron chi connectivity index (χ0n) is 5.07. The molecule has 54 valence electrons. The van der Waals surface area contributed by atoms with Gasteiger partial charge in [-0.1, -0.05) is 17.7 Å². The van der Waals surface area contributed by atoms with E-state index in [1.165, 1.54) is 0 Å². The third-order valence-electron chi connectivity index (χ3n) is 1.02. The molecule has 4 heteroatoms. The number of halogens is 2. The van der Waals surface area contributed by atoms with Gasteiger partial charge in [-0.2, -0.15) is 0 Å². The maximum Gasteiger partial charge on any atom is 0.0515 e. The summed E-state index contributed by atoms with van der Waals surface area (Å²) in [7, 11) is 0. The van der Waals surface area contributed by atoms with E-state index < -0.39 is 0 Å². The van der Waals surface area contributed by atoms with Crippen LogP contribution in [0.4, 0.5) is 5.69 Å². The van der Waals surface area contributed by atoms with Crippen molar-refractivity contribution in [2.75, 3.05) is 5.43 Å². The summed E-state index contributed by atoms with van der Waals surface area (Å²) in [6, 6.07) is 7.23. The summed E-state index contributed by atoms with van der Waals surface area (Å²) in [4.78, 5) is 2.27. The van der Waals surface area contributed by atoms with Gasteiger partial charge in [0.25, 0.3) is 0 Å². The molecule has 10 heavy (non-hydrogen) atoms. The van der Waals surface area contributed by atoms with Gasteiger partial charge in [0.05, 0.1) is 5.69 Å². The summed E-state index contributed by atoms with van der Waals surface area (Å²) in [5.41, 5.74) is 3.51. The van der Waals surface area contributed by atoms with Gasteiger partial charge in [-0.3, -0.25) is 0 Å². The molecule has 1 rings (SSSR count). The molecule has 0 unspecified atom stereocenters. The Morgan fingerprint density at radius 2 is 2.10 bits per heavy atom. The molecule has 2 N–H and O–H groups in total. The van der Waals surface area contributed by atoms with Crippen LogP contribution in [0.2, 0.25) is 5.02 Å². The Hall–Kier alpha value is -0.440. The Morgan fingerprint density at radius 1 is 1.30 bits per heavy atom. The Morgan fingerprint density at radius 3 is 2.70 bits per heavy atom. The molecule has 1 aromatic rings. The van der Waals surface area contributed by atoms with Crippen molar-refractivity contribution in [1.82, 2.24) is 4.94 Å². The zero-order chi connectivity index (χ0) is 7.40. The normalized spacial score (nSPS) is 9.40. The van der Waals surface area contributed by atoms with E-state index in [9.17, 15) is 0 Å². The quantitative estimate of drug-likeness (QED) is 0.535. The van der Waals surface area contributed by atoms with Crippen molar-refractivity contribution >= 4 is 29.1 Å². The monoisotopic (exact) mass is 176 g/mol. The highest BCUT2D eigenvalue weighted by molar-refractivity contribution is 6.30. The Bertz CT molecular complexity index is 215. The third-order valence-corrected chi connectivity index (χ3v) is 1.35. The molecule has 0 atom stereocenters. The fourth-order valence-electron chi connectivity index (χ4n) is 0.621. The van der Waals surface area contributed by atoms with E-state index >= 15 is 0 Å². The number of hydrogen-bond donors (Lipinski definition) is 2. The van der Waals surface area contributed by atoms with Crippen molar-refractivity contribution in [3.8, 4) is 0 Å². The first-order valence-corrected chi connectivity index (χ1v) is 3.46. The highest BCUT2D eigenvalue weighted by Crippen LogP contribution is 2.13. The van der Waals surface area contributed by atoms with Crippen LogP contribution in [0.3, 0.4) is 0 Å². The predicted molar refractivity (Wildman–Crippen MR) is 44.1 cm³/mol. The van der Waals surface area contributed by atoms with Gasteiger partial charge in [-0.25, -0.2) is 0 Å². The summed E-state index contributed by atoms with van der Waals surface area (Å²) in [5, 5.41) is 0.678. The smallest absolute Gasteiger partial charge is 0.0515 e. The van der Waals surface area contributed by atoms with Crippen molar-refractivity contribution in [3.63, 3.8) is 0 Å². The van der Waals surface area contributed by atoms with Crippen LogP contribution in [-0.2, 0) is 0 Å². The Kier molecular flexibility index (Phi) is 2.81. The van der Waals surface area contributed by atoms with Gasteiger partial charge in [0, 0.05) is 5.02 Å². The van der Waals surface area contributed by atoms with Crippen molar-refractivity contribution in [2.45, 2.75) is 0 Å². The van der Waals surface area contributed by atoms with Crippen molar-refractivity contribution in [2.24, 2.45) is 0 Å². The number of rotatable bonds is 2. The molecule has 0 saturated heterocycles. The summed E-state index contributed by atoms with van der Waals surface area (Å²) >= 11 is 10.9. The van der Waals surface area contributed by atoms with Gasteiger partial charge in [-0.05, 0) is 30.0 Å². The molecule has 0 saturated carbocycles. The number of anilines is 1. The lowest BCUT2D eigenvalue weighted by atomic mass is 10.3. The standard InChI is InChI=1S/C6H6Cl2N2/c7-5-2-1-3-6(4-5)9-10-8/h1-4,9-10H. The summed E-state index contributed by atoms with van der Waals surface area (Å²) in [6.45, 7) is 0. The number of hydrazine groups is 1. The minimum atomic E-state index is 0.678. The number of hydrogen-bond acceptors (Lipinski definition) is 2. The van der Waals surface area contributed by atoms with Crippen molar-refractivity contribution < 1.29 is 0 Å². The van der Waals surface area contributed by atoms with Crippen LogP contribution >= 0.6 is 23.4 Å². The molecule has 0 fully saturated rings. The first-order valence-electron chi connectivity index (χ1n) is 2.70. The predicted octanol–water partition coefficient (Wildman–Crippen LogP) is 2.41. The Balaban J connectivity index is 2.75. The lowest BCUT2D eigenvalue weighted by Gasteiger charge is -2.00. The minimum Gasteiger partial charge on any atom is -0.308 e. The SMILES string of the molecule is ClNNc1cccc(Cl)c1. The van der Waals surface area contributed by atoms with E-state index in [1.807, 2.05) is 12.1 Å². The van der Waals surface area contributed by atoms with Crippen LogP contribution in [0, 0.1) is 0 Å². The molecule has 0 aliphatic heterocycles. The molecule has 0 aromatic heterocycles. The van der Waals surface area contributed by atoms with Crippen LogP contribution in [0.1, 0.15) is 0 Å². The first-order chi connectivity index (χ1) is 4.83. The number of nitrogens with one attached hydrogen (secondary N) is 2. The minimum absolute atomic E-state index is 0.678. The summed E-state index contributed by atoms with van der Waals surface area (Å²) < 4.78 is 0. The van der Waals surface area contributed by atoms with Crippen LogP contribution in [0.25, 0.3) is 0 Å². The maximum absolute atomic E-state index is 5.67. The van der Waals surface area contributed by atoms with E-state index in [1.54, 1.807) is 12.1 Å². The molecule has 0 heterocycles. The van der Waals surface area contributed by atoms with Crippen LogP contribution in [0.5, 0.6) is 0 Å². The van der Waals surface area contributed by atoms with E-state index in [-0.39, 0.29) is 0 Å². The molecular formula is C6H6Cl2N2. The van der Waals surface area contributed by atoms with Crippen LogP contribution < -0.4 is 10.4 Å². The number of benzene rings is 1. The molecular weight excluding hydrogens is 171 g/mol. The van der Waals surface area contributed by atoms with Crippen molar-refractivity contribution in [3.05, 3.63) is 29.3 Å². The topological polar surface area (TPSA) is 24.1 Å². The lowest BCUT2D eigenvalue weighted by Crippen LogP contribution is -2.07. The van der Waals surface area contributed by atoms with Gasteiger partial charge < -0.3 is 5.43 Å². The summed E-state index contributed by atoms with van der Waals surface area (Å²) in [5.74, 6) is 0. The fourth-order valence-corrected chi connectivity index (χ4v) is 0.920. The molecule has 0 aliphatic rings. The molecule has 1 aromatic carbocycles. The fraction of sp³-hybridized carbons (Fsp3) is 0. The molecule has 0 bridgehead atoms. The van der Waals surface area contributed by atoms with Gasteiger partial charge in [0.15, 0.2) is 0 Å². The molecule has 0 radical (unpaired) electrons. The second kappa shape index (κ2) is 3.66. The highest BCUT2D eigenvalue weighted by atomic mass is 35.5. The first kappa shape index (κ1) is 7.66. The largest absolute Gasteiger partial charge is 0.308 e. The highest BCUT2D eigenvalue weighted by Gasteiger charge is 1.89. The van der Waals surface area contributed by atoms with Gasteiger partial charge in [0.1, 0.15) is 0 Å². The maximum atomic E-state index is 5.67. The average Bonchev–Trinajstić information content (AvgIpc) is 1.88. The Labute approximate surface area is 69.2 Å². The molecule has 0 aliphatic carbocycles. The van der Waals surface area contributed by atoms with E-state index in [0.29, 0.717) is 5.02 Å². The third kappa shape index (κ3) is 2.06. The van der Waals surface area contributed by atoms with E-state index in [0.717, 1.165) is 5.69 Å². The zero-order valence-corrected chi connectivity index (χ0v) is 6.58. The van der Waals surface area contributed by atoms with E-state index in [2.05, 4.69) is 10.4 Å². The second-order valence-corrected chi connectivity index (χ2v) is 2.36.